The predicted molar refractivity (Wildman–Crippen MR) is 85.2 cm³/mol. The van der Waals surface area contributed by atoms with Crippen molar-refractivity contribution in [1.82, 2.24) is 5.32 Å². The van der Waals surface area contributed by atoms with Crippen LogP contribution in [0.4, 0.5) is 0 Å². The van der Waals surface area contributed by atoms with Gasteiger partial charge in [-0.25, -0.2) is 0 Å². The normalized spacial score (nSPS) is 18.4. The summed E-state index contributed by atoms with van der Waals surface area (Å²) in [6.45, 7) is 4.55. The molecule has 1 aromatic carbocycles. The van der Waals surface area contributed by atoms with Crippen LogP contribution in [0.1, 0.15) is 56.1 Å². The lowest BCUT2D eigenvalue weighted by Crippen LogP contribution is -2.36. The molecule has 3 heteroatoms. The van der Waals surface area contributed by atoms with Gasteiger partial charge in [0.05, 0.1) is 6.10 Å². The summed E-state index contributed by atoms with van der Waals surface area (Å²) < 4.78 is 0. The van der Waals surface area contributed by atoms with E-state index in [9.17, 15) is 9.90 Å². The summed E-state index contributed by atoms with van der Waals surface area (Å²) in [7, 11) is 0. The minimum Gasteiger partial charge on any atom is -0.391 e. The van der Waals surface area contributed by atoms with Crippen molar-refractivity contribution in [2.24, 2.45) is 5.92 Å². The third-order valence-electron chi connectivity index (χ3n) is 4.66. The first kappa shape index (κ1) is 16.0. The summed E-state index contributed by atoms with van der Waals surface area (Å²) in [5.41, 5.74) is 2.45. The Balaban J connectivity index is 1.77. The SMILES string of the molecule is Cc1ccccc1C(C)CC(=O)NCC(O)C1CCCC1. The lowest BCUT2D eigenvalue weighted by atomic mass is 9.93. The van der Waals surface area contributed by atoms with Gasteiger partial charge >= 0.3 is 0 Å². The highest BCUT2D eigenvalue weighted by atomic mass is 16.3. The van der Waals surface area contributed by atoms with Gasteiger partial charge in [-0.05, 0) is 42.7 Å². The summed E-state index contributed by atoms with van der Waals surface area (Å²) in [6.07, 6.45) is 4.69. The van der Waals surface area contributed by atoms with Crippen molar-refractivity contribution < 1.29 is 9.90 Å². The second-order valence-corrected chi connectivity index (χ2v) is 6.38. The van der Waals surface area contributed by atoms with Crippen molar-refractivity contribution in [3.05, 3.63) is 35.4 Å². The molecular formula is C18H27NO2. The van der Waals surface area contributed by atoms with Gasteiger partial charge in [0, 0.05) is 13.0 Å². The molecule has 116 valence electrons. The van der Waals surface area contributed by atoms with Crippen LogP contribution < -0.4 is 5.32 Å². The van der Waals surface area contributed by atoms with Crippen LogP contribution in [0.25, 0.3) is 0 Å². The van der Waals surface area contributed by atoms with Gasteiger partial charge < -0.3 is 10.4 Å². The number of benzene rings is 1. The van der Waals surface area contributed by atoms with E-state index in [-0.39, 0.29) is 17.9 Å². The number of nitrogens with one attached hydrogen (secondary N) is 1. The number of hydrogen-bond acceptors (Lipinski definition) is 2. The summed E-state index contributed by atoms with van der Waals surface area (Å²) in [4.78, 5) is 12.0. The smallest absolute Gasteiger partial charge is 0.220 e. The van der Waals surface area contributed by atoms with Crippen LogP contribution in [0, 0.1) is 12.8 Å². The average Bonchev–Trinajstić information content (AvgIpc) is 2.99. The number of rotatable bonds is 6. The topological polar surface area (TPSA) is 49.3 Å². The second-order valence-electron chi connectivity index (χ2n) is 6.38. The maximum absolute atomic E-state index is 12.0. The van der Waals surface area contributed by atoms with E-state index < -0.39 is 0 Å². The molecule has 1 saturated carbocycles. The summed E-state index contributed by atoms with van der Waals surface area (Å²) in [6, 6.07) is 8.19. The number of hydrogen-bond donors (Lipinski definition) is 2. The van der Waals surface area contributed by atoms with E-state index in [0.29, 0.717) is 18.9 Å². The first-order valence-corrected chi connectivity index (χ1v) is 8.08. The van der Waals surface area contributed by atoms with Crippen molar-refractivity contribution in [1.29, 1.82) is 0 Å². The second kappa shape index (κ2) is 7.60. The first-order valence-electron chi connectivity index (χ1n) is 8.08. The number of aliphatic hydroxyl groups is 1. The van der Waals surface area contributed by atoms with Crippen molar-refractivity contribution in [3.8, 4) is 0 Å². The van der Waals surface area contributed by atoms with Crippen LogP contribution in [0.2, 0.25) is 0 Å². The monoisotopic (exact) mass is 289 g/mol. The Labute approximate surface area is 127 Å². The number of amides is 1. The zero-order valence-electron chi connectivity index (χ0n) is 13.1. The van der Waals surface area contributed by atoms with E-state index in [0.717, 1.165) is 12.8 Å². The molecule has 0 bridgehead atoms. The zero-order valence-corrected chi connectivity index (χ0v) is 13.1. The molecule has 0 radical (unpaired) electrons. The van der Waals surface area contributed by atoms with Crippen LogP contribution in [-0.2, 0) is 4.79 Å². The molecular weight excluding hydrogens is 262 g/mol. The molecule has 3 nitrogen and oxygen atoms in total. The molecule has 0 aliphatic heterocycles. The molecule has 0 heterocycles. The number of carbonyl (C=O) groups excluding carboxylic acids is 1. The Morgan fingerprint density at radius 3 is 2.67 bits per heavy atom. The van der Waals surface area contributed by atoms with E-state index in [1.54, 1.807) is 0 Å². The maximum Gasteiger partial charge on any atom is 0.220 e. The molecule has 1 aliphatic carbocycles. The molecule has 0 aromatic heterocycles. The summed E-state index contributed by atoms with van der Waals surface area (Å²) >= 11 is 0. The Kier molecular flexibility index (Phi) is 5.80. The van der Waals surface area contributed by atoms with E-state index in [1.807, 2.05) is 12.1 Å². The van der Waals surface area contributed by atoms with Gasteiger partial charge in [0.2, 0.25) is 5.91 Å². The zero-order chi connectivity index (χ0) is 15.2. The standard InChI is InChI=1S/C18H27NO2/c1-13-7-3-6-10-16(13)14(2)11-18(21)19-12-17(20)15-8-4-5-9-15/h3,6-7,10,14-15,17,20H,4-5,8-9,11-12H2,1-2H3,(H,19,21). The number of aliphatic hydroxyl groups excluding tert-OH is 1. The predicted octanol–water partition coefficient (Wildman–Crippen LogP) is 3.16. The van der Waals surface area contributed by atoms with E-state index >= 15 is 0 Å². The molecule has 1 amide bonds. The van der Waals surface area contributed by atoms with Crippen LogP contribution in [0.3, 0.4) is 0 Å². The van der Waals surface area contributed by atoms with Crippen LogP contribution in [0.5, 0.6) is 0 Å². The minimum atomic E-state index is -0.384. The van der Waals surface area contributed by atoms with Gasteiger partial charge in [-0.3, -0.25) is 4.79 Å². The van der Waals surface area contributed by atoms with Gasteiger partial charge in [-0.15, -0.1) is 0 Å². The van der Waals surface area contributed by atoms with E-state index in [1.165, 1.54) is 24.0 Å². The van der Waals surface area contributed by atoms with Crippen molar-refractivity contribution >= 4 is 5.91 Å². The van der Waals surface area contributed by atoms with E-state index in [4.69, 9.17) is 0 Å². The maximum atomic E-state index is 12.0. The van der Waals surface area contributed by atoms with Crippen LogP contribution in [0.15, 0.2) is 24.3 Å². The minimum absolute atomic E-state index is 0.0304. The lowest BCUT2D eigenvalue weighted by molar-refractivity contribution is -0.122. The fourth-order valence-electron chi connectivity index (χ4n) is 3.33. The fraction of sp³-hybridized carbons (Fsp3) is 0.611. The fourth-order valence-corrected chi connectivity index (χ4v) is 3.33. The third kappa shape index (κ3) is 4.57. The van der Waals surface area contributed by atoms with E-state index in [2.05, 4.69) is 31.3 Å². The van der Waals surface area contributed by atoms with Crippen molar-refractivity contribution in [2.45, 2.75) is 58.0 Å². The molecule has 2 atom stereocenters. The van der Waals surface area contributed by atoms with Gasteiger partial charge in [0.15, 0.2) is 0 Å². The highest BCUT2D eigenvalue weighted by Gasteiger charge is 2.23. The molecule has 1 aliphatic rings. The molecule has 2 unspecified atom stereocenters. The summed E-state index contributed by atoms with van der Waals surface area (Å²) in [5.74, 6) is 0.608. The third-order valence-corrected chi connectivity index (χ3v) is 4.66. The Hall–Kier alpha value is -1.35. The molecule has 21 heavy (non-hydrogen) atoms. The quantitative estimate of drug-likeness (QED) is 0.845. The molecule has 2 rings (SSSR count). The summed E-state index contributed by atoms with van der Waals surface area (Å²) in [5, 5.41) is 13.0. The highest BCUT2D eigenvalue weighted by Crippen LogP contribution is 2.27. The van der Waals surface area contributed by atoms with Crippen molar-refractivity contribution in [2.75, 3.05) is 6.54 Å². The molecule has 1 aromatic rings. The van der Waals surface area contributed by atoms with Crippen LogP contribution in [-0.4, -0.2) is 23.7 Å². The van der Waals surface area contributed by atoms with Gasteiger partial charge in [0.25, 0.3) is 0 Å². The Morgan fingerprint density at radius 2 is 2.00 bits per heavy atom. The first-order chi connectivity index (χ1) is 10.1. The van der Waals surface area contributed by atoms with Crippen molar-refractivity contribution in [3.63, 3.8) is 0 Å². The Bertz CT molecular complexity index is 466. The molecule has 2 N–H and O–H groups in total. The number of aryl methyl sites for hydroxylation is 1. The molecule has 0 spiro atoms. The largest absolute Gasteiger partial charge is 0.391 e. The van der Waals surface area contributed by atoms with Crippen LogP contribution >= 0.6 is 0 Å². The number of carbonyl (C=O) groups is 1. The van der Waals surface area contributed by atoms with Gasteiger partial charge in [-0.1, -0.05) is 44.0 Å². The van der Waals surface area contributed by atoms with Gasteiger partial charge in [-0.2, -0.15) is 0 Å². The molecule has 1 fully saturated rings. The highest BCUT2D eigenvalue weighted by molar-refractivity contribution is 5.76. The van der Waals surface area contributed by atoms with Gasteiger partial charge in [0.1, 0.15) is 0 Å². The average molecular weight is 289 g/mol. The molecule has 0 saturated heterocycles. The Morgan fingerprint density at radius 1 is 1.33 bits per heavy atom. The lowest BCUT2D eigenvalue weighted by Gasteiger charge is -2.19.